The molecule has 0 radical (unpaired) electrons. The van der Waals surface area contributed by atoms with Crippen LogP contribution in [0.3, 0.4) is 0 Å². The average Bonchev–Trinajstić information content (AvgIpc) is 2.61. The molecule has 0 fully saturated rings. The van der Waals surface area contributed by atoms with Crippen molar-refractivity contribution in [2.75, 3.05) is 0 Å². The van der Waals surface area contributed by atoms with E-state index >= 15 is 0 Å². The van der Waals surface area contributed by atoms with Gasteiger partial charge in [0.1, 0.15) is 0 Å². The zero-order valence-corrected chi connectivity index (χ0v) is 15.3. The van der Waals surface area contributed by atoms with Crippen molar-refractivity contribution in [3.63, 3.8) is 0 Å². The Kier molecular flexibility index (Phi) is 9.92. The molecule has 0 aliphatic carbocycles. The number of hydrogen-bond donors (Lipinski definition) is 0. The normalized spacial score (nSPS) is 15.1. The second-order valence-corrected chi connectivity index (χ2v) is 5.81. The zero-order valence-electron chi connectivity index (χ0n) is 15.3. The second kappa shape index (κ2) is 9.93. The van der Waals surface area contributed by atoms with Gasteiger partial charge in [0.15, 0.2) is 0 Å². The Balaban J connectivity index is 0. The maximum absolute atomic E-state index is 12.6. The molecule has 24 heteroatoms. The highest BCUT2D eigenvalue weighted by Crippen LogP contribution is 2.51. The number of alkyl halides is 22. The lowest BCUT2D eigenvalue weighted by Gasteiger charge is -2.30. The van der Waals surface area contributed by atoms with E-state index in [0.29, 0.717) is 0 Å². The smallest absolute Gasteiger partial charge is 0.288 e. The highest BCUT2D eigenvalue weighted by molar-refractivity contribution is 5.96. The SMILES string of the molecule is O=C(C(F)(F)C(F)F)C(F)(C(F)(F)F)C(F)(F)F.O=C(C(F)(F)C(F)F)C(F)(C(F)(F)F)C(F)(F)F. The molecular weight excluding hydrogens is 594 g/mol. The molecule has 0 spiro atoms. The van der Waals surface area contributed by atoms with Crippen molar-refractivity contribution < 1.29 is 106 Å². The number of rotatable bonds is 6. The van der Waals surface area contributed by atoms with Gasteiger partial charge < -0.3 is 0 Å². The summed E-state index contributed by atoms with van der Waals surface area (Å²) in [4.78, 5) is 20.4. The molecule has 0 amide bonds. The van der Waals surface area contributed by atoms with Crippen LogP contribution in [0.25, 0.3) is 0 Å². The maximum atomic E-state index is 12.6. The van der Waals surface area contributed by atoms with E-state index < -0.39 is 72.3 Å². The van der Waals surface area contributed by atoms with E-state index in [1.165, 1.54) is 0 Å². The van der Waals surface area contributed by atoms with Gasteiger partial charge in [-0.15, -0.1) is 0 Å². The molecule has 36 heavy (non-hydrogen) atoms. The predicted molar refractivity (Wildman–Crippen MR) is 63.8 cm³/mol. The van der Waals surface area contributed by atoms with E-state index in [-0.39, 0.29) is 0 Å². The molecule has 0 aliphatic rings. The number of carbonyl (C=O) groups is 2. The van der Waals surface area contributed by atoms with E-state index in [9.17, 15) is 106 Å². The van der Waals surface area contributed by atoms with Crippen molar-refractivity contribution >= 4 is 11.6 Å². The Hall–Kier alpha value is -2.20. The molecule has 0 aliphatic heterocycles. The van der Waals surface area contributed by atoms with Gasteiger partial charge in [-0.1, -0.05) is 0 Å². The molecule has 0 aromatic rings. The first-order valence-corrected chi connectivity index (χ1v) is 7.26. The summed E-state index contributed by atoms with van der Waals surface area (Å²) in [5.41, 5.74) is -14.1. The minimum absolute atomic E-state index is 4.61. The van der Waals surface area contributed by atoms with Gasteiger partial charge in [-0.05, 0) is 0 Å². The number of ketones is 2. The van der Waals surface area contributed by atoms with Crippen molar-refractivity contribution in [2.45, 2.75) is 60.7 Å². The third-order valence-corrected chi connectivity index (χ3v) is 3.34. The van der Waals surface area contributed by atoms with Crippen LogP contribution in [0.15, 0.2) is 0 Å². The Labute approximate surface area is 180 Å². The first kappa shape index (κ1) is 36.0. The lowest BCUT2D eigenvalue weighted by atomic mass is 9.94. The van der Waals surface area contributed by atoms with Crippen LogP contribution in [0.4, 0.5) is 96.6 Å². The van der Waals surface area contributed by atoms with E-state index in [2.05, 4.69) is 0 Å². The monoisotopic (exact) mass is 596 g/mol. The Morgan fingerprint density at radius 3 is 0.583 bits per heavy atom. The Morgan fingerprint density at radius 2 is 0.500 bits per heavy atom. The van der Waals surface area contributed by atoms with Crippen LogP contribution >= 0.6 is 0 Å². The minimum Gasteiger partial charge on any atom is -0.288 e. The molecular formula is C12H2F22O2. The van der Waals surface area contributed by atoms with Crippen LogP contribution in [0, 0.1) is 0 Å². The van der Waals surface area contributed by atoms with Crippen LogP contribution in [0.2, 0.25) is 0 Å². The molecule has 0 aromatic heterocycles. The van der Waals surface area contributed by atoms with E-state index in [1.54, 1.807) is 0 Å². The molecule has 0 bridgehead atoms. The van der Waals surface area contributed by atoms with Gasteiger partial charge in [0.2, 0.25) is 0 Å². The molecule has 0 saturated heterocycles. The van der Waals surface area contributed by atoms with Gasteiger partial charge in [0, 0.05) is 0 Å². The molecule has 0 atom stereocenters. The summed E-state index contributed by atoms with van der Waals surface area (Å²) in [6.07, 6.45) is -39.0. The summed E-state index contributed by atoms with van der Waals surface area (Å²) < 4.78 is 261. The van der Waals surface area contributed by atoms with Crippen LogP contribution in [-0.4, -0.2) is 72.3 Å². The van der Waals surface area contributed by atoms with Crippen LogP contribution in [0.1, 0.15) is 0 Å². The van der Waals surface area contributed by atoms with E-state index in [0.717, 1.165) is 0 Å². The third kappa shape index (κ3) is 6.19. The van der Waals surface area contributed by atoms with Crippen molar-refractivity contribution in [3.8, 4) is 0 Å². The Morgan fingerprint density at radius 1 is 0.361 bits per heavy atom. The largest absolute Gasteiger partial charge is 0.439 e. The fourth-order valence-corrected chi connectivity index (χ4v) is 1.49. The van der Waals surface area contributed by atoms with Gasteiger partial charge >= 0.3 is 60.7 Å². The molecule has 0 unspecified atom stereocenters. The molecule has 0 saturated carbocycles. The first-order valence-electron chi connectivity index (χ1n) is 7.26. The number of carbonyl (C=O) groups excluding carboxylic acids is 2. The van der Waals surface area contributed by atoms with Gasteiger partial charge in [0.05, 0.1) is 0 Å². The fourth-order valence-electron chi connectivity index (χ4n) is 1.49. The summed E-state index contributed by atoms with van der Waals surface area (Å²) >= 11 is 0. The van der Waals surface area contributed by atoms with Gasteiger partial charge in [-0.2, -0.15) is 70.2 Å². The number of hydrogen-bond acceptors (Lipinski definition) is 2. The van der Waals surface area contributed by atoms with Crippen molar-refractivity contribution in [1.82, 2.24) is 0 Å². The molecule has 2 nitrogen and oxygen atoms in total. The third-order valence-electron chi connectivity index (χ3n) is 3.34. The summed E-state index contributed by atoms with van der Waals surface area (Å²) in [5.74, 6) is -22.1. The van der Waals surface area contributed by atoms with E-state index in [4.69, 9.17) is 0 Å². The van der Waals surface area contributed by atoms with Crippen LogP contribution in [-0.2, 0) is 9.59 Å². The molecule has 0 heterocycles. The minimum atomic E-state index is -7.15. The standard InChI is InChI=1S/2C6HF11O/c2*7-2(8)3(9,10)1(18)4(11,5(12,13)14)6(15,16)17/h2*2H. The quantitative estimate of drug-likeness (QED) is 0.325. The number of halogens is 22. The van der Waals surface area contributed by atoms with Gasteiger partial charge in [0.25, 0.3) is 11.6 Å². The highest BCUT2D eigenvalue weighted by Gasteiger charge is 2.83. The first-order chi connectivity index (χ1) is 15.2. The fraction of sp³-hybridized carbons (Fsp3) is 0.833. The maximum Gasteiger partial charge on any atom is 0.439 e. The highest BCUT2D eigenvalue weighted by atomic mass is 19.4. The van der Waals surface area contributed by atoms with Crippen molar-refractivity contribution in [2.24, 2.45) is 0 Å². The topological polar surface area (TPSA) is 34.1 Å². The number of Topliss-reactive ketones (excluding diaryl/α,β-unsaturated/α-hetero) is 2. The lowest BCUT2D eigenvalue weighted by Crippen LogP contribution is -2.64. The van der Waals surface area contributed by atoms with Gasteiger partial charge in [-0.25, -0.2) is 26.3 Å². The molecule has 0 N–H and O–H groups in total. The molecule has 0 aromatic carbocycles. The summed E-state index contributed by atoms with van der Waals surface area (Å²) in [7, 11) is 0. The predicted octanol–water partition coefficient (Wildman–Crippen LogP) is 6.58. The molecule has 216 valence electrons. The van der Waals surface area contributed by atoms with Crippen molar-refractivity contribution in [3.05, 3.63) is 0 Å². The summed E-state index contributed by atoms with van der Waals surface area (Å²) in [5, 5.41) is 0. The van der Waals surface area contributed by atoms with Gasteiger partial charge in [-0.3, -0.25) is 9.59 Å². The van der Waals surface area contributed by atoms with Crippen molar-refractivity contribution in [1.29, 1.82) is 0 Å². The van der Waals surface area contributed by atoms with E-state index in [1.807, 2.05) is 0 Å². The molecule has 0 rings (SSSR count). The van der Waals surface area contributed by atoms with Crippen LogP contribution in [0.5, 0.6) is 0 Å². The Bertz CT molecular complexity index is 685. The summed E-state index contributed by atoms with van der Waals surface area (Å²) in [6.45, 7) is 0. The lowest BCUT2D eigenvalue weighted by molar-refractivity contribution is -0.333. The average molecular weight is 596 g/mol. The van der Waals surface area contributed by atoms with Crippen LogP contribution < -0.4 is 0 Å². The second-order valence-electron chi connectivity index (χ2n) is 5.81. The zero-order chi connectivity index (χ0) is 30.3. The summed E-state index contributed by atoms with van der Waals surface area (Å²) in [6, 6.07) is 0.